The van der Waals surface area contributed by atoms with Crippen molar-refractivity contribution >= 4 is 24.6 Å². The van der Waals surface area contributed by atoms with Gasteiger partial charge in [0, 0.05) is 12.3 Å². The van der Waals surface area contributed by atoms with Gasteiger partial charge in [0.25, 0.3) is 0 Å². The van der Waals surface area contributed by atoms with Gasteiger partial charge in [0.1, 0.15) is 18.6 Å². The van der Waals surface area contributed by atoms with Crippen LogP contribution in [0.15, 0.2) is 103 Å². The summed E-state index contributed by atoms with van der Waals surface area (Å²) in [6, 6.07) is 33.9. The summed E-state index contributed by atoms with van der Waals surface area (Å²) in [7, 11) is 0.252. The quantitative estimate of drug-likeness (QED) is 0.192. The smallest absolute Gasteiger partial charge is 0.133 e. The fraction of sp³-hybridized carbons (Fsp3) is 0.133. The zero-order valence-electron chi connectivity index (χ0n) is 19.6. The zero-order chi connectivity index (χ0) is 23.8. The molecule has 0 radical (unpaired) electrons. The molecule has 0 spiro atoms. The lowest BCUT2D eigenvalue weighted by Crippen LogP contribution is -2.16. The van der Waals surface area contributed by atoms with Crippen molar-refractivity contribution < 1.29 is 14.0 Å². The van der Waals surface area contributed by atoms with Crippen LogP contribution in [0.5, 0.6) is 11.5 Å². The lowest BCUT2D eigenvalue weighted by atomic mass is 10.1. The highest BCUT2D eigenvalue weighted by atomic mass is 31.2. The molecule has 0 fully saturated rings. The van der Waals surface area contributed by atoms with Gasteiger partial charge in [-0.05, 0) is 34.4 Å². The highest BCUT2D eigenvalue weighted by Crippen LogP contribution is 2.55. The van der Waals surface area contributed by atoms with Crippen LogP contribution in [0.2, 0.25) is 0 Å². The number of hydrogen-bond acceptors (Lipinski definition) is 3. The fourth-order valence-corrected chi connectivity index (χ4v) is 7.28. The van der Waals surface area contributed by atoms with Crippen LogP contribution in [0.4, 0.5) is 0 Å². The Morgan fingerprint density at radius 1 is 0.618 bits per heavy atom. The first-order chi connectivity index (χ1) is 16.6. The Balaban J connectivity index is 1.81. The van der Waals surface area contributed by atoms with Crippen molar-refractivity contribution in [3.8, 4) is 11.5 Å². The zero-order valence-corrected chi connectivity index (χ0v) is 20.5. The maximum Gasteiger partial charge on any atom is 0.133 e. The van der Waals surface area contributed by atoms with Crippen LogP contribution in [-0.4, -0.2) is 14.2 Å². The Labute approximate surface area is 202 Å². The van der Waals surface area contributed by atoms with Gasteiger partial charge < -0.3 is 14.0 Å². The largest absolute Gasteiger partial charge is 0.496 e. The molecule has 0 aliphatic rings. The predicted octanol–water partition coefficient (Wildman–Crippen LogP) is 7.26. The molecule has 0 heterocycles. The first kappa shape index (κ1) is 23.6. The molecule has 0 amide bonds. The number of rotatable bonds is 9. The number of ether oxygens (including phenoxy) is 2. The van der Waals surface area contributed by atoms with Gasteiger partial charge in [0.05, 0.1) is 19.5 Å². The lowest BCUT2D eigenvalue weighted by Gasteiger charge is -2.24. The van der Waals surface area contributed by atoms with E-state index in [-0.39, 0.29) is 0 Å². The van der Waals surface area contributed by atoms with E-state index in [1.165, 1.54) is 0 Å². The second kappa shape index (κ2) is 11.0. The van der Waals surface area contributed by atoms with E-state index in [4.69, 9.17) is 9.47 Å². The lowest BCUT2D eigenvalue weighted by molar-refractivity contribution is 0.399. The Bertz CT molecular complexity index is 1210. The number of hydrogen-bond donors (Lipinski definition) is 0. The van der Waals surface area contributed by atoms with E-state index < -0.39 is 7.14 Å². The molecule has 0 saturated heterocycles. The van der Waals surface area contributed by atoms with E-state index in [9.17, 15) is 4.57 Å². The molecule has 0 unspecified atom stereocenters. The molecule has 0 bridgehead atoms. The Morgan fingerprint density at radius 3 is 1.47 bits per heavy atom. The van der Waals surface area contributed by atoms with Gasteiger partial charge >= 0.3 is 0 Å². The van der Waals surface area contributed by atoms with Crippen LogP contribution < -0.4 is 14.8 Å². The molecule has 4 rings (SSSR count). The van der Waals surface area contributed by atoms with Gasteiger partial charge in [-0.1, -0.05) is 103 Å². The average molecular weight is 469 g/mol. The van der Waals surface area contributed by atoms with Crippen LogP contribution in [0.1, 0.15) is 22.3 Å². The first-order valence-corrected chi connectivity index (χ1v) is 13.3. The molecule has 4 aromatic rings. The van der Waals surface area contributed by atoms with Crippen LogP contribution in [0.25, 0.3) is 12.2 Å². The molecule has 3 nitrogen and oxygen atoms in total. The average Bonchev–Trinajstić information content (AvgIpc) is 2.88. The summed E-state index contributed by atoms with van der Waals surface area (Å²) in [6.45, 7) is 0. The van der Waals surface area contributed by atoms with Crippen molar-refractivity contribution in [1.29, 1.82) is 0 Å². The summed E-state index contributed by atoms with van der Waals surface area (Å²) in [5, 5.41) is 0.655. The van der Waals surface area contributed by atoms with Crippen LogP contribution in [-0.2, 0) is 16.9 Å². The molecule has 0 aromatic heterocycles. The summed E-state index contributed by atoms with van der Waals surface area (Å²) < 4.78 is 26.5. The summed E-state index contributed by atoms with van der Waals surface area (Å²) in [5.41, 5.74) is 4.08. The van der Waals surface area contributed by atoms with Crippen LogP contribution >= 0.6 is 7.14 Å². The first-order valence-electron chi connectivity index (χ1n) is 11.3. The second-order valence-electron chi connectivity index (χ2n) is 8.19. The second-order valence-corrected chi connectivity index (χ2v) is 11.1. The maximum absolute atomic E-state index is 14.8. The monoisotopic (exact) mass is 468 g/mol. The molecule has 0 N–H and O–H groups in total. The highest BCUT2D eigenvalue weighted by molar-refractivity contribution is 7.70. The summed E-state index contributed by atoms with van der Waals surface area (Å²) >= 11 is 0. The predicted molar refractivity (Wildman–Crippen MR) is 142 cm³/mol. The standard InChI is InChI=1S/C30H29O3P/c1-32-28-20-27(19-18-24-12-6-3-7-13-24)21-29(33-2)30(28)34(31,22-25-14-8-4-9-15-25)23-26-16-10-5-11-17-26/h3-21H,22-23H2,1-2H3. The summed E-state index contributed by atoms with van der Waals surface area (Å²) in [6.07, 6.45) is 4.91. The molecule has 0 aliphatic heterocycles. The SMILES string of the molecule is COc1cc(C=Cc2ccccc2)cc(OC)c1P(=O)(Cc1ccccc1)Cc1ccccc1. The molecule has 0 aliphatic carbocycles. The van der Waals surface area contributed by atoms with Gasteiger partial charge in [-0.15, -0.1) is 0 Å². The molecule has 0 atom stereocenters. The van der Waals surface area contributed by atoms with Crippen LogP contribution in [0, 0.1) is 0 Å². The minimum atomic E-state index is -2.99. The normalized spacial score (nSPS) is 11.5. The van der Waals surface area contributed by atoms with Crippen molar-refractivity contribution in [3.63, 3.8) is 0 Å². The van der Waals surface area contributed by atoms with Gasteiger partial charge in [-0.3, -0.25) is 0 Å². The minimum absolute atomic E-state index is 0.425. The number of methoxy groups -OCH3 is 2. The summed E-state index contributed by atoms with van der Waals surface area (Å²) in [5.74, 6) is 1.17. The fourth-order valence-electron chi connectivity index (χ4n) is 4.14. The minimum Gasteiger partial charge on any atom is -0.496 e. The molecule has 0 saturated carbocycles. The van der Waals surface area contributed by atoms with E-state index in [2.05, 4.69) is 0 Å². The van der Waals surface area contributed by atoms with Crippen molar-refractivity contribution in [2.45, 2.75) is 12.3 Å². The molecule has 34 heavy (non-hydrogen) atoms. The van der Waals surface area contributed by atoms with Gasteiger partial charge in [0.15, 0.2) is 0 Å². The molecular formula is C30H29O3P. The molecule has 172 valence electrons. The third kappa shape index (κ3) is 5.68. The van der Waals surface area contributed by atoms with Crippen molar-refractivity contribution in [3.05, 3.63) is 125 Å². The maximum atomic E-state index is 14.8. The molecule has 4 heteroatoms. The van der Waals surface area contributed by atoms with Gasteiger partial charge in [-0.2, -0.15) is 0 Å². The van der Waals surface area contributed by atoms with Gasteiger partial charge in [0.2, 0.25) is 0 Å². The topological polar surface area (TPSA) is 35.5 Å². The summed E-state index contributed by atoms with van der Waals surface area (Å²) in [4.78, 5) is 0. The van der Waals surface area contributed by atoms with Crippen LogP contribution in [0.3, 0.4) is 0 Å². The van der Waals surface area contributed by atoms with E-state index in [0.29, 0.717) is 29.1 Å². The van der Waals surface area contributed by atoms with Crippen molar-refractivity contribution in [1.82, 2.24) is 0 Å². The number of benzene rings is 4. The molecular weight excluding hydrogens is 439 g/mol. The van der Waals surface area contributed by atoms with Crippen molar-refractivity contribution in [2.75, 3.05) is 14.2 Å². The van der Waals surface area contributed by atoms with Crippen molar-refractivity contribution in [2.24, 2.45) is 0 Å². The van der Waals surface area contributed by atoms with E-state index in [0.717, 1.165) is 22.3 Å². The third-order valence-corrected chi connectivity index (χ3v) is 8.75. The molecule has 4 aromatic carbocycles. The third-order valence-electron chi connectivity index (χ3n) is 5.74. The Kier molecular flexibility index (Phi) is 7.67. The van der Waals surface area contributed by atoms with E-state index in [1.807, 2.05) is 115 Å². The van der Waals surface area contributed by atoms with E-state index >= 15 is 0 Å². The Hall–Kier alpha value is -3.55. The Morgan fingerprint density at radius 2 is 1.03 bits per heavy atom. The van der Waals surface area contributed by atoms with Gasteiger partial charge in [-0.25, -0.2) is 0 Å². The van der Waals surface area contributed by atoms with E-state index in [1.54, 1.807) is 14.2 Å². The highest BCUT2D eigenvalue weighted by Gasteiger charge is 2.33.